The van der Waals surface area contributed by atoms with Crippen LogP contribution in [0.2, 0.25) is 0 Å². The number of nitrogens with zero attached hydrogens (tertiary/aromatic N) is 2. The maximum Gasteiger partial charge on any atom is 0.255 e. The average molecular weight is 298 g/mol. The lowest BCUT2D eigenvalue weighted by Gasteiger charge is -2.15. The third-order valence-electron chi connectivity index (χ3n) is 3.08. The molecule has 0 fully saturated rings. The fourth-order valence-electron chi connectivity index (χ4n) is 2.04. The maximum absolute atomic E-state index is 10.9. The molecule has 114 valence electrons. The summed E-state index contributed by atoms with van der Waals surface area (Å²) in [5.74, 6) is 1.06. The van der Waals surface area contributed by atoms with Crippen LogP contribution in [0.25, 0.3) is 0 Å². The molecule has 0 aromatic heterocycles. The molecule has 0 aliphatic carbocycles. The van der Waals surface area contributed by atoms with Gasteiger partial charge in [0.15, 0.2) is 17.2 Å². The van der Waals surface area contributed by atoms with Gasteiger partial charge in [0, 0.05) is 11.8 Å². The van der Waals surface area contributed by atoms with Gasteiger partial charge in [0.2, 0.25) is 18.3 Å². The molecular weight excluding hydrogens is 284 g/mol. The Morgan fingerprint density at radius 3 is 2.62 bits per heavy atom. The number of ether oxygens (including phenoxy) is 4. The Morgan fingerprint density at radius 1 is 1.43 bits per heavy atom. The van der Waals surface area contributed by atoms with Crippen LogP contribution in [0.15, 0.2) is 11.2 Å². The van der Waals surface area contributed by atoms with Crippen molar-refractivity contribution in [3.05, 3.63) is 21.7 Å². The lowest BCUT2D eigenvalue weighted by Crippen LogP contribution is -2.27. The Bertz CT molecular complexity index is 600. The number of hydrogen-bond acceptors (Lipinski definition) is 8. The third kappa shape index (κ3) is 2.37. The minimum atomic E-state index is -1.24. The lowest BCUT2D eigenvalue weighted by atomic mass is 10.0. The molecule has 1 atom stereocenters. The monoisotopic (exact) mass is 298 g/mol. The van der Waals surface area contributed by atoms with Gasteiger partial charge in [-0.05, 0) is 6.07 Å². The van der Waals surface area contributed by atoms with E-state index in [1.807, 2.05) is 0 Å². The van der Waals surface area contributed by atoms with Gasteiger partial charge in [-0.2, -0.15) is 0 Å². The largest absolute Gasteiger partial charge is 0.492 e. The summed E-state index contributed by atoms with van der Waals surface area (Å²) in [5, 5.41) is 23.1. The molecular formula is C12H14N2O7. The van der Waals surface area contributed by atoms with Crippen molar-refractivity contribution in [1.29, 1.82) is 0 Å². The molecule has 0 spiro atoms. The second-order valence-corrected chi connectivity index (χ2v) is 4.17. The first-order chi connectivity index (χ1) is 10.0. The van der Waals surface area contributed by atoms with E-state index in [9.17, 15) is 10.1 Å². The van der Waals surface area contributed by atoms with E-state index in [0.717, 1.165) is 0 Å². The minimum absolute atomic E-state index is 0.00527. The van der Waals surface area contributed by atoms with Crippen LogP contribution in [0.3, 0.4) is 0 Å². The highest BCUT2D eigenvalue weighted by atomic mass is 16.7. The fourth-order valence-corrected chi connectivity index (χ4v) is 2.04. The zero-order valence-corrected chi connectivity index (χ0v) is 11.7. The highest BCUT2D eigenvalue weighted by Crippen LogP contribution is 2.49. The van der Waals surface area contributed by atoms with Crippen LogP contribution in [-0.4, -0.2) is 42.9 Å². The predicted molar refractivity (Wildman–Crippen MR) is 70.4 cm³/mol. The fraction of sp³-hybridized carbons (Fsp3) is 0.417. The summed E-state index contributed by atoms with van der Waals surface area (Å²) in [6.07, 6.45) is 0. The van der Waals surface area contributed by atoms with Gasteiger partial charge in [0.1, 0.15) is 0 Å². The van der Waals surface area contributed by atoms with E-state index in [0.29, 0.717) is 11.5 Å². The smallest absolute Gasteiger partial charge is 0.255 e. The molecule has 0 radical (unpaired) electrons. The minimum Gasteiger partial charge on any atom is -0.492 e. The predicted octanol–water partition coefficient (Wildman–Crippen LogP) is 1.28. The summed E-state index contributed by atoms with van der Waals surface area (Å²) < 4.78 is 21.0. The molecule has 1 heterocycles. The lowest BCUT2D eigenvalue weighted by molar-refractivity contribution is -0.498. The van der Waals surface area contributed by atoms with Gasteiger partial charge in [0.05, 0.1) is 19.8 Å². The standard InChI is InChI=1S/C12H14N2O7/c1-6(14(16)17)9(13-15)7-4-8-11(21-5-20-8)12(19-3)10(7)18-2/h4,6,15H,5H2,1-3H3. The van der Waals surface area contributed by atoms with Gasteiger partial charge in [-0.25, -0.2) is 0 Å². The third-order valence-corrected chi connectivity index (χ3v) is 3.08. The Labute approximate surface area is 119 Å². The highest BCUT2D eigenvalue weighted by molar-refractivity contribution is 6.06. The molecule has 1 aliphatic rings. The first-order valence-corrected chi connectivity index (χ1v) is 5.95. The Balaban J connectivity index is 2.65. The number of nitro groups is 1. The van der Waals surface area contributed by atoms with Gasteiger partial charge in [-0.3, -0.25) is 10.1 Å². The first-order valence-electron chi connectivity index (χ1n) is 5.95. The number of oxime groups is 1. The van der Waals surface area contributed by atoms with Crippen LogP contribution in [0.1, 0.15) is 12.5 Å². The van der Waals surface area contributed by atoms with E-state index in [1.54, 1.807) is 0 Å². The molecule has 0 saturated heterocycles. The zero-order valence-electron chi connectivity index (χ0n) is 11.7. The van der Waals surface area contributed by atoms with E-state index >= 15 is 0 Å². The van der Waals surface area contributed by atoms with Gasteiger partial charge in [0.25, 0.3) is 6.04 Å². The Morgan fingerprint density at radius 2 is 2.10 bits per heavy atom. The first kappa shape index (κ1) is 14.7. The average Bonchev–Trinajstić information content (AvgIpc) is 2.94. The topological polar surface area (TPSA) is 113 Å². The molecule has 0 bridgehead atoms. The number of fused-ring (bicyclic) bond motifs is 1. The normalized spacial score (nSPS) is 14.7. The van der Waals surface area contributed by atoms with Gasteiger partial charge >= 0.3 is 0 Å². The van der Waals surface area contributed by atoms with Gasteiger partial charge < -0.3 is 24.2 Å². The van der Waals surface area contributed by atoms with Crippen LogP contribution >= 0.6 is 0 Å². The molecule has 0 amide bonds. The molecule has 9 heteroatoms. The molecule has 0 saturated carbocycles. The number of hydrogen-bond donors (Lipinski definition) is 1. The van der Waals surface area contributed by atoms with Crippen molar-refractivity contribution in [3.8, 4) is 23.0 Å². The van der Waals surface area contributed by atoms with E-state index in [2.05, 4.69) is 5.16 Å². The maximum atomic E-state index is 10.9. The van der Waals surface area contributed by atoms with Crippen molar-refractivity contribution in [2.45, 2.75) is 13.0 Å². The van der Waals surface area contributed by atoms with E-state index in [4.69, 9.17) is 24.2 Å². The van der Waals surface area contributed by atoms with Crippen molar-refractivity contribution in [2.24, 2.45) is 5.16 Å². The molecule has 1 N–H and O–H groups in total. The highest BCUT2D eigenvalue weighted by Gasteiger charge is 2.33. The second-order valence-electron chi connectivity index (χ2n) is 4.17. The van der Waals surface area contributed by atoms with Crippen LogP contribution < -0.4 is 18.9 Å². The molecule has 2 rings (SSSR count). The van der Waals surface area contributed by atoms with Gasteiger partial charge in [-0.15, -0.1) is 0 Å². The Kier molecular flexibility index (Phi) is 4.01. The van der Waals surface area contributed by atoms with Crippen LogP contribution in [0.4, 0.5) is 0 Å². The van der Waals surface area contributed by atoms with Crippen LogP contribution in [0, 0.1) is 10.1 Å². The van der Waals surface area contributed by atoms with Crippen molar-refractivity contribution in [3.63, 3.8) is 0 Å². The van der Waals surface area contributed by atoms with E-state index in [-0.39, 0.29) is 29.6 Å². The number of rotatable bonds is 5. The van der Waals surface area contributed by atoms with Crippen LogP contribution in [-0.2, 0) is 0 Å². The summed E-state index contributed by atoms with van der Waals surface area (Å²) in [5.41, 5.74) is 0.0266. The molecule has 9 nitrogen and oxygen atoms in total. The Hall–Kier alpha value is -2.71. The van der Waals surface area contributed by atoms with Crippen LogP contribution in [0.5, 0.6) is 23.0 Å². The van der Waals surface area contributed by atoms with Crippen molar-refractivity contribution < 1.29 is 29.1 Å². The molecule has 1 aromatic carbocycles. The van der Waals surface area contributed by atoms with Crippen molar-refractivity contribution >= 4 is 5.71 Å². The summed E-state index contributed by atoms with van der Waals surface area (Å²) >= 11 is 0. The van der Waals surface area contributed by atoms with Gasteiger partial charge in [-0.1, -0.05) is 5.16 Å². The molecule has 1 unspecified atom stereocenters. The van der Waals surface area contributed by atoms with Crippen molar-refractivity contribution in [2.75, 3.05) is 21.0 Å². The number of methoxy groups -OCH3 is 2. The summed E-state index contributed by atoms with van der Waals surface area (Å²) in [4.78, 5) is 10.4. The zero-order chi connectivity index (χ0) is 15.6. The quantitative estimate of drug-likeness (QED) is 0.377. The van der Waals surface area contributed by atoms with E-state index < -0.39 is 11.0 Å². The number of benzene rings is 1. The summed E-state index contributed by atoms with van der Waals surface area (Å²) in [6.45, 7) is 1.29. The molecule has 21 heavy (non-hydrogen) atoms. The molecule has 1 aliphatic heterocycles. The van der Waals surface area contributed by atoms with Crippen molar-refractivity contribution in [1.82, 2.24) is 0 Å². The SMILES string of the molecule is COc1c(C(=NO)C(C)[N+](=O)[O-])cc2c(c1OC)OCO2. The van der Waals surface area contributed by atoms with E-state index in [1.165, 1.54) is 27.2 Å². The molecule has 1 aromatic rings. The summed E-state index contributed by atoms with van der Waals surface area (Å²) in [7, 11) is 2.77. The summed E-state index contributed by atoms with van der Waals surface area (Å²) in [6, 6.07) is 0.215. The second kappa shape index (κ2) is 5.73.